The molecule has 1 aliphatic rings. The number of aromatic nitrogens is 3. The van der Waals surface area contributed by atoms with E-state index in [2.05, 4.69) is 15.9 Å². The molecule has 1 atom stereocenters. The maximum Gasteiger partial charge on any atom is 0.335 e. The molecule has 6 rings (SSSR count). The summed E-state index contributed by atoms with van der Waals surface area (Å²) in [4.78, 5) is 38.5. The molecule has 0 saturated carbocycles. The number of rotatable bonds is 3. The number of fused-ring (bicyclic) bond motifs is 5. The molecule has 4 heterocycles. The summed E-state index contributed by atoms with van der Waals surface area (Å²) in [6.07, 6.45) is -0.822. The van der Waals surface area contributed by atoms with Crippen LogP contribution in [-0.4, -0.2) is 24.8 Å². The highest BCUT2D eigenvalue weighted by Crippen LogP contribution is 2.47. The molecule has 180 valence electrons. The lowest BCUT2D eigenvalue weighted by Gasteiger charge is -2.29. The van der Waals surface area contributed by atoms with Crippen LogP contribution in [0.3, 0.4) is 0 Å². The highest BCUT2D eigenvalue weighted by Gasteiger charge is 2.38. The van der Waals surface area contributed by atoms with Crippen molar-refractivity contribution in [3.8, 4) is 22.7 Å². The van der Waals surface area contributed by atoms with E-state index in [0.29, 0.717) is 44.2 Å². The molecule has 9 nitrogen and oxygen atoms in total. The minimum absolute atomic E-state index is 0.0565. The Labute approximate surface area is 211 Å². The lowest BCUT2D eigenvalue weighted by Crippen LogP contribution is -2.37. The molecule has 36 heavy (non-hydrogen) atoms. The number of carbonyl (C=O) groups is 1. The summed E-state index contributed by atoms with van der Waals surface area (Å²) in [5.41, 5.74) is 1.65. The Kier molecular flexibility index (Phi) is 4.84. The molecule has 2 aromatic carbocycles. The Morgan fingerprint density at radius 1 is 1.00 bits per heavy atom. The van der Waals surface area contributed by atoms with Crippen molar-refractivity contribution < 1.29 is 19.1 Å². The van der Waals surface area contributed by atoms with Crippen molar-refractivity contribution in [2.24, 2.45) is 14.1 Å². The molecule has 10 heteroatoms. The second-order valence-electron chi connectivity index (χ2n) is 8.49. The molecule has 3 aromatic heterocycles. The van der Waals surface area contributed by atoms with E-state index in [1.165, 1.54) is 23.7 Å². The van der Waals surface area contributed by atoms with Gasteiger partial charge in [0, 0.05) is 14.1 Å². The minimum atomic E-state index is -1.10. The van der Waals surface area contributed by atoms with Gasteiger partial charge in [-0.2, -0.15) is 0 Å². The summed E-state index contributed by atoms with van der Waals surface area (Å²) in [6.45, 7) is 0. The zero-order chi connectivity index (χ0) is 25.3. The summed E-state index contributed by atoms with van der Waals surface area (Å²) in [5.74, 6) is -0.245. The number of ether oxygens (including phenoxy) is 1. The summed E-state index contributed by atoms with van der Waals surface area (Å²) in [6, 6.07) is 17.3. The number of aryl methyl sites for hydroxylation is 1. The average Bonchev–Trinajstić information content (AvgIpc) is 3.48. The van der Waals surface area contributed by atoms with E-state index in [-0.39, 0.29) is 5.56 Å². The highest BCUT2D eigenvalue weighted by molar-refractivity contribution is 9.10. The predicted molar refractivity (Wildman–Crippen MR) is 135 cm³/mol. The van der Waals surface area contributed by atoms with Crippen molar-refractivity contribution in [3.05, 3.63) is 103 Å². The largest absolute Gasteiger partial charge is 0.478 e. The van der Waals surface area contributed by atoms with Gasteiger partial charge in [-0.3, -0.25) is 13.9 Å². The third-order valence-corrected chi connectivity index (χ3v) is 6.87. The third-order valence-electron chi connectivity index (χ3n) is 6.45. The summed E-state index contributed by atoms with van der Waals surface area (Å²) in [7, 11) is 3.03. The number of carboxylic acids is 1. The van der Waals surface area contributed by atoms with Crippen molar-refractivity contribution >= 4 is 32.8 Å². The summed E-state index contributed by atoms with van der Waals surface area (Å²) in [5, 5.41) is 10.00. The number of aromatic carboxylic acids is 1. The molecular weight excluding hydrogens is 530 g/mol. The molecule has 0 bridgehead atoms. The molecule has 0 amide bonds. The number of nitrogens with zero attached hydrogens (tertiary/aromatic N) is 3. The maximum absolute atomic E-state index is 13.6. The minimum Gasteiger partial charge on any atom is -0.478 e. The van der Waals surface area contributed by atoms with Crippen LogP contribution in [0.2, 0.25) is 0 Å². The second kappa shape index (κ2) is 7.85. The van der Waals surface area contributed by atoms with Crippen LogP contribution in [0.4, 0.5) is 0 Å². The fourth-order valence-electron chi connectivity index (χ4n) is 4.83. The number of hydrogen-bond acceptors (Lipinski definition) is 5. The van der Waals surface area contributed by atoms with Gasteiger partial charge in [0.1, 0.15) is 5.75 Å². The lowest BCUT2D eigenvalue weighted by atomic mass is 10.1. The van der Waals surface area contributed by atoms with E-state index in [1.807, 2.05) is 34.9 Å². The van der Waals surface area contributed by atoms with E-state index in [9.17, 15) is 19.5 Å². The molecule has 5 aromatic rings. The molecule has 1 aliphatic heterocycles. The normalized spacial score (nSPS) is 14.4. The quantitative estimate of drug-likeness (QED) is 0.362. The molecule has 1 N–H and O–H groups in total. The van der Waals surface area contributed by atoms with Gasteiger partial charge in [0.2, 0.25) is 0 Å². The maximum atomic E-state index is 13.6. The highest BCUT2D eigenvalue weighted by atomic mass is 79.9. The van der Waals surface area contributed by atoms with Crippen molar-refractivity contribution in [2.45, 2.75) is 6.10 Å². The van der Waals surface area contributed by atoms with Gasteiger partial charge in [0.05, 0.1) is 33.5 Å². The van der Waals surface area contributed by atoms with Crippen LogP contribution in [0.5, 0.6) is 5.75 Å². The second-order valence-corrected chi connectivity index (χ2v) is 9.27. The zero-order valence-corrected chi connectivity index (χ0v) is 20.6. The van der Waals surface area contributed by atoms with Crippen molar-refractivity contribution in [2.75, 3.05) is 0 Å². The van der Waals surface area contributed by atoms with Gasteiger partial charge in [-0.1, -0.05) is 30.3 Å². The standard InChI is InChI=1S/C26H18BrN3O6/c1-28-21-19(24(31)29(2)26(28)34)20(13-6-4-3-5-7-13)30-15-12-14(25(32)33)8-9-16(15)36-23(22(21)30)17-10-11-18(27)35-17/h3-12,23H,1-2H3,(H,32,33)/t23-/m0/s1. The Morgan fingerprint density at radius 2 is 1.75 bits per heavy atom. The number of hydrogen-bond donors (Lipinski definition) is 1. The molecule has 0 fully saturated rings. The van der Waals surface area contributed by atoms with E-state index in [4.69, 9.17) is 9.15 Å². The van der Waals surface area contributed by atoms with Gasteiger partial charge in [-0.15, -0.1) is 0 Å². The topological polar surface area (TPSA) is 109 Å². The smallest absolute Gasteiger partial charge is 0.335 e. The van der Waals surface area contributed by atoms with Crippen LogP contribution < -0.4 is 16.0 Å². The van der Waals surface area contributed by atoms with Gasteiger partial charge >= 0.3 is 11.7 Å². The van der Waals surface area contributed by atoms with E-state index < -0.39 is 23.3 Å². The molecular formula is C26H18BrN3O6. The van der Waals surface area contributed by atoms with Crippen LogP contribution in [0.15, 0.2) is 79.3 Å². The summed E-state index contributed by atoms with van der Waals surface area (Å²) >= 11 is 3.33. The summed E-state index contributed by atoms with van der Waals surface area (Å²) < 4.78 is 17.0. The molecule has 0 unspecified atom stereocenters. The number of benzene rings is 2. The van der Waals surface area contributed by atoms with Crippen LogP contribution in [-0.2, 0) is 14.1 Å². The van der Waals surface area contributed by atoms with Crippen LogP contribution in [0.1, 0.15) is 27.9 Å². The molecule has 0 radical (unpaired) electrons. The first-order valence-corrected chi connectivity index (χ1v) is 11.8. The van der Waals surface area contributed by atoms with Crippen molar-refractivity contribution in [1.29, 1.82) is 0 Å². The Hall–Kier alpha value is -4.31. The average molecular weight is 548 g/mol. The first-order valence-electron chi connectivity index (χ1n) is 11.0. The van der Waals surface area contributed by atoms with Gasteiger partial charge in [-0.25, -0.2) is 9.59 Å². The number of furan rings is 1. The van der Waals surface area contributed by atoms with Crippen LogP contribution in [0.25, 0.3) is 27.8 Å². The fraction of sp³-hybridized carbons (Fsp3) is 0.115. The van der Waals surface area contributed by atoms with Gasteiger partial charge in [0.15, 0.2) is 16.5 Å². The lowest BCUT2D eigenvalue weighted by molar-refractivity contribution is 0.0696. The zero-order valence-electron chi connectivity index (χ0n) is 19.1. The van der Waals surface area contributed by atoms with Gasteiger partial charge in [-0.05, 0) is 51.8 Å². The number of carboxylic acid groups (broad SMARTS) is 1. The monoisotopic (exact) mass is 547 g/mol. The van der Waals surface area contributed by atoms with E-state index >= 15 is 0 Å². The predicted octanol–water partition coefficient (Wildman–Crippen LogP) is 4.23. The Morgan fingerprint density at radius 3 is 2.42 bits per heavy atom. The first kappa shape index (κ1) is 22.2. The Balaban J connectivity index is 1.87. The van der Waals surface area contributed by atoms with Crippen LogP contribution >= 0.6 is 15.9 Å². The van der Waals surface area contributed by atoms with Gasteiger partial charge < -0.3 is 18.8 Å². The molecule has 0 aliphatic carbocycles. The molecule has 0 spiro atoms. The third kappa shape index (κ3) is 3.04. The van der Waals surface area contributed by atoms with Crippen molar-refractivity contribution in [3.63, 3.8) is 0 Å². The van der Waals surface area contributed by atoms with Gasteiger partial charge in [0.25, 0.3) is 5.56 Å². The SMILES string of the molecule is Cn1c(=O)c2c(-c3ccccc3)n3c(c2n(C)c1=O)[C@H](c1ccc(Br)o1)Oc1ccc(C(=O)O)cc1-3. The van der Waals surface area contributed by atoms with Crippen LogP contribution in [0, 0.1) is 0 Å². The number of halogens is 1. The van der Waals surface area contributed by atoms with E-state index in [1.54, 1.807) is 25.2 Å². The van der Waals surface area contributed by atoms with E-state index in [0.717, 1.165) is 10.1 Å². The first-order chi connectivity index (χ1) is 17.3. The molecule has 0 saturated heterocycles. The van der Waals surface area contributed by atoms with Crippen molar-refractivity contribution in [1.82, 2.24) is 13.7 Å². The fourth-order valence-corrected chi connectivity index (χ4v) is 5.15. The Bertz CT molecular complexity index is 1830.